The molecule has 0 fully saturated rings. The van der Waals surface area contributed by atoms with Crippen molar-refractivity contribution < 1.29 is 0 Å². The second-order valence-electron chi connectivity index (χ2n) is 12.5. The van der Waals surface area contributed by atoms with Crippen molar-refractivity contribution in [2.24, 2.45) is 0 Å². The highest BCUT2D eigenvalue weighted by molar-refractivity contribution is 5.97. The minimum absolute atomic E-state index is 0.692. The molecule has 0 saturated carbocycles. The summed E-state index contributed by atoms with van der Waals surface area (Å²) >= 11 is 0. The molecule has 3 nitrogen and oxygen atoms in total. The third-order valence-corrected chi connectivity index (χ3v) is 9.41. The first kappa shape index (κ1) is 29.4. The van der Waals surface area contributed by atoms with E-state index in [0.717, 1.165) is 44.8 Å². The Morgan fingerprint density at radius 1 is 0.320 bits per heavy atom. The Morgan fingerprint density at radius 2 is 0.880 bits per heavy atom. The van der Waals surface area contributed by atoms with Crippen LogP contribution < -0.4 is 0 Å². The van der Waals surface area contributed by atoms with E-state index in [-0.39, 0.29) is 0 Å². The van der Waals surface area contributed by atoms with E-state index < -0.39 is 0 Å². The topological polar surface area (TPSA) is 38.7 Å². The van der Waals surface area contributed by atoms with Crippen LogP contribution in [0.5, 0.6) is 0 Å². The molecule has 234 valence electrons. The van der Waals surface area contributed by atoms with Crippen LogP contribution in [0.1, 0.15) is 0 Å². The smallest absolute Gasteiger partial charge is 0.160 e. The Labute approximate surface area is 291 Å². The van der Waals surface area contributed by atoms with Crippen molar-refractivity contribution in [3.8, 4) is 67.3 Å². The third kappa shape index (κ3) is 5.72. The van der Waals surface area contributed by atoms with E-state index in [9.17, 15) is 0 Å². The number of pyridine rings is 1. The molecule has 3 heteroatoms. The van der Waals surface area contributed by atoms with Gasteiger partial charge in [-0.05, 0) is 73.1 Å². The number of hydrogen-bond donors (Lipinski definition) is 0. The average molecular weight is 638 g/mol. The molecule has 0 aliphatic heterocycles. The highest BCUT2D eigenvalue weighted by Crippen LogP contribution is 2.33. The summed E-state index contributed by atoms with van der Waals surface area (Å²) in [6.07, 6.45) is 3.68. The molecule has 50 heavy (non-hydrogen) atoms. The van der Waals surface area contributed by atoms with Crippen LogP contribution in [0, 0.1) is 0 Å². The maximum Gasteiger partial charge on any atom is 0.160 e. The Hall–Kier alpha value is -6.71. The van der Waals surface area contributed by atoms with Crippen molar-refractivity contribution in [2.75, 3.05) is 0 Å². The standard InChI is InChI=1S/C47H31N3/c1-2-9-40-29-41(27-18-32(40)7-1)33-16-25-39(26-17-33)47-49-45(37-21-14-34(15-22-37)42-11-6-28-48-31-42)30-46(50-47)38-23-19-36(20-24-38)44-13-5-10-35-8-3-4-12-43(35)44/h1-31H. The summed E-state index contributed by atoms with van der Waals surface area (Å²) in [5, 5.41) is 4.96. The lowest BCUT2D eigenvalue weighted by atomic mass is 9.97. The van der Waals surface area contributed by atoms with Gasteiger partial charge in [0, 0.05) is 29.1 Å². The van der Waals surface area contributed by atoms with Gasteiger partial charge in [0.2, 0.25) is 0 Å². The van der Waals surface area contributed by atoms with Gasteiger partial charge < -0.3 is 0 Å². The minimum atomic E-state index is 0.692. The van der Waals surface area contributed by atoms with Gasteiger partial charge in [-0.25, -0.2) is 9.97 Å². The summed E-state index contributed by atoms with van der Waals surface area (Å²) in [6, 6.07) is 62.0. The van der Waals surface area contributed by atoms with Gasteiger partial charge in [-0.2, -0.15) is 0 Å². The molecule has 0 atom stereocenters. The second-order valence-corrected chi connectivity index (χ2v) is 12.5. The lowest BCUT2D eigenvalue weighted by Crippen LogP contribution is -1.96. The van der Waals surface area contributed by atoms with Crippen LogP contribution in [0.3, 0.4) is 0 Å². The fourth-order valence-electron chi connectivity index (χ4n) is 6.72. The van der Waals surface area contributed by atoms with Gasteiger partial charge in [-0.15, -0.1) is 0 Å². The monoisotopic (exact) mass is 637 g/mol. The van der Waals surface area contributed by atoms with E-state index >= 15 is 0 Å². The maximum absolute atomic E-state index is 5.14. The highest BCUT2D eigenvalue weighted by Gasteiger charge is 2.13. The molecule has 0 radical (unpaired) electrons. The summed E-state index contributed by atoms with van der Waals surface area (Å²) in [5.41, 5.74) is 11.7. The molecule has 2 heterocycles. The Kier molecular flexibility index (Phi) is 7.49. The van der Waals surface area contributed by atoms with Crippen molar-refractivity contribution in [1.29, 1.82) is 0 Å². The van der Waals surface area contributed by atoms with Crippen LogP contribution in [0.25, 0.3) is 88.8 Å². The molecular weight excluding hydrogens is 607 g/mol. The number of aromatic nitrogens is 3. The number of nitrogens with zero attached hydrogens (tertiary/aromatic N) is 3. The van der Waals surface area contributed by atoms with Gasteiger partial charge in [-0.3, -0.25) is 4.98 Å². The van der Waals surface area contributed by atoms with Crippen LogP contribution in [-0.4, -0.2) is 15.0 Å². The van der Waals surface area contributed by atoms with Gasteiger partial charge in [0.15, 0.2) is 5.82 Å². The lowest BCUT2D eigenvalue weighted by Gasteiger charge is -2.12. The van der Waals surface area contributed by atoms with Crippen molar-refractivity contribution in [3.05, 3.63) is 188 Å². The van der Waals surface area contributed by atoms with Crippen LogP contribution in [0.15, 0.2) is 188 Å². The molecule has 0 spiro atoms. The molecule has 0 amide bonds. The largest absolute Gasteiger partial charge is 0.264 e. The average Bonchev–Trinajstić information content (AvgIpc) is 3.21. The Bertz CT molecular complexity index is 2600. The van der Waals surface area contributed by atoms with E-state index in [1.54, 1.807) is 6.20 Å². The minimum Gasteiger partial charge on any atom is -0.264 e. The SMILES string of the molecule is c1cncc(-c2ccc(-c3cc(-c4ccc(-c5cccc6ccccc56)cc4)nc(-c4ccc(-c5ccc6ccccc6c5)cc4)n3)cc2)c1. The molecule has 0 bridgehead atoms. The quantitative estimate of drug-likeness (QED) is 0.182. The molecule has 0 N–H and O–H groups in total. The maximum atomic E-state index is 5.14. The summed E-state index contributed by atoms with van der Waals surface area (Å²) in [6.45, 7) is 0. The first-order chi connectivity index (χ1) is 24.7. The summed E-state index contributed by atoms with van der Waals surface area (Å²) in [7, 11) is 0. The van der Waals surface area contributed by atoms with Crippen molar-refractivity contribution in [1.82, 2.24) is 15.0 Å². The summed E-state index contributed by atoms with van der Waals surface area (Å²) in [4.78, 5) is 14.6. The molecule has 0 saturated heterocycles. The lowest BCUT2D eigenvalue weighted by molar-refractivity contribution is 1.18. The van der Waals surface area contributed by atoms with E-state index in [2.05, 4.69) is 175 Å². The highest BCUT2D eigenvalue weighted by atomic mass is 14.9. The van der Waals surface area contributed by atoms with Crippen molar-refractivity contribution >= 4 is 21.5 Å². The van der Waals surface area contributed by atoms with Crippen molar-refractivity contribution in [3.63, 3.8) is 0 Å². The van der Waals surface area contributed by atoms with Gasteiger partial charge in [0.1, 0.15) is 0 Å². The predicted octanol–water partition coefficient (Wildman–Crippen LogP) is 12.2. The fraction of sp³-hybridized carbons (Fsp3) is 0. The zero-order valence-electron chi connectivity index (χ0n) is 27.2. The summed E-state index contributed by atoms with van der Waals surface area (Å²) in [5.74, 6) is 0.692. The predicted molar refractivity (Wildman–Crippen MR) is 207 cm³/mol. The number of rotatable bonds is 6. The second kappa shape index (κ2) is 12.7. The van der Waals surface area contributed by atoms with Gasteiger partial charge >= 0.3 is 0 Å². The van der Waals surface area contributed by atoms with Crippen LogP contribution in [0.4, 0.5) is 0 Å². The van der Waals surface area contributed by atoms with E-state index in [4.69, 9.17) is 9.97 Å². The molecule has 9 aromatic rings. The van der Waals surface area contributed by atoms with E-state index in [1.165, 1.54) is 38.2 Å². The molecule has 9 rings (SSSR count). The number of benzene rings is 7. The van der Waals surface area contributed by atoms with Gasteiger partial charge in [-0.1, -0.05) is 158 Å². The fourth-order valence-corrected chi connectivity index (χ4v) is 6.72. The van der Waals surface area contributed by atoms with Gasteiger partial charge in [0.05, 0.1) is 11.4 Å². The molecule has 0 aliphatic rings. The van der Waals surface area contributed by atoms with Crippen molar-refractivity contribution in [2.45, 2.75) is 0 Å². The molecule has 0 unspecified atom stereocenters. The number of fused-ring (bicyclic) bond motifs is 2. The summed E-state index contributed by atoms with van der Waals surface area (Å²) < 4.78 is 0. The van der Waals surface area contributed by atoms with E-state index in [0.29, 0.717) is 5.82 Å². The molecule has 2 aromatic heterocycles. The Morgan fingerprint density at radius 3 is 1.58 bits per heavy atom. The normalized spacial score (nSPS) is 11.2. The van der Waals surface area contributed by atoms with E-state index in [1.807, 2.05) is 12.3 Å². The van der Waals surface area contributed by atoms with Crippen LogP contribution in [-0.2, 0) is 0 Å². The first-order valence-corrected chi connectivity index (χ1v) is 16.8. The van der Waals surface area contributed by atoms with Gasteiger partial charge in [0.25, 0.3) is 0 Å². The third-order valence-electron chi connectivity index (χ3n) is 9.41. The first-order valence-electron chi connectivity index (χ1n) is 16.8. The number of hydrogen-bond acceptors (Lipinski definition) is 3. The molecule has 0 aliphatic carbocycles. The Balaban J connectivity index is 1.10. The van der Waals surface area contributed by atoms with Crippen LogP contribution in [0.2, 0.25) is 0 Å². The van der Waals surface area contributed by atoms with Crippen LogP contribution >= 0.6 is 0 Å². The molecular formula is C47H31N3. The zero-order valence-corrected chi connectivity index (χ0v) is 27.2. The zero-order chi connectivity index (χ0) is 33.3. The molecule has 7 aromatic carbocycles.